The van der Waals surface area contributed by atoms with E-state index >= 15 is 0 Å². The largest absolute Gasteiger partial charge is 0.444 e. The molecule has 1 aliphatic heterocycles. The van der Waals surface area contributed by atoms with Crippen molar-refractivity contribution in [3.05, 3.63) is 18.5 Å². The van der Waals surface area contributed by atoms with Gasteiger partial charge in [-0.05, 0) is 33.3 Å². The fourth-order valence-corrected chi connectivity index (χ4v) is 1.93. The lowest BCUT2D eigenvalue weighted by molar-refractivity contribution is 0.0293. The zero-order valence-electron chi connectivity index (χ0n) is 11.6. The number of nitrogens with zero attached hydrogens (tertiary/aromatic N) is 3. The van der Waals surface area contributed by atoms with Crippen LogP contribution >= 0.6 is 0 Å². The number of ether oxygens (including phenoxy) is 1. The van der Waals surface area contributed by atoms with Crippen LogP contribution in [0.25, 0.3) is 0 Å². The van der Waals surface area contributed by atoms with Crippen molar-refractivity contribution in [2.24, 2.45) is 0 Å². The number of anilines is 1. The van der Waals surface area contributed by atoms with Crippen LogP contribution < -0.4 is 5.32 Å². The van der Waals surface area contributed by atoms with Crippen LogP contribution in [0.3, 0.4) is 0 Å². The van der Waals surface area contributed by atoms with Crippen LogP contribution in [0.5, 0.6) is 0 Å². The molecule has 1 saturated heterocycles. The number of amides is 1. The molecule has 2 rings (SSSR count). The van der Waals surface area contributed by atoms with Gasteiger partial charge < -0.3 is 15.0 Å². The Balaban J connectivity index is 1.85. The molecule has 0 spiro atoms. The summed E-state index contributed by atoms with van der Waals surface area (Å²) in [6.45, 7) is 6.92. The Morgan fingerprint density at radius 1 is 1.42 bits per heavy atom. The van der Waals surface area contributed by atoms with Crippen LogP contribution in [0.2, 0.25) is 0 Å². The van der Waals surface area contributed by atoms with Crippen LogP contribution in [0.1, 0.15) is 27.2 Å². The maximum absolute atomic E-state index is 11.9. The van der Waals surface area contributed by atoms with E-state index in [1.165, 1.54) is 0 Å². The molecule has 6 heteroatoms. The molecule has 1 aromatic rings. The molecule has 1 N–H and O–H groups in total. The highest BCUT2D eigenvalue weighted by Gasteiger charge is 2.29. The van der Waals surface area contributed by atoms with Crippen molar-refractivity contribution in [3.8, 4) is 0 Å². The maximum atomic E-state index is 11.9. The topological polar surface area (TPSA) is 67.3 Å². The predicted octanol–water partition coefficient (Wildman–Crippen LogP) is 1.90. The molecule has 1 aliphatic rings. The molecule has 0 aliphatic carbocycles. The summed E-state index contributed by atoms with van der Waals surface area (Å²) >= 11 is 0. The molecule has 0 radical (unpaired) electrons. The normalized spacial score (nSPS) is 19.3. The van der Waals surface area contributed by atoms with Crippen LogP contribution in [0.15, 0.2) is 18.5 Å². The lowest BCUT2D eigenvalue weighted by Gasteiger charge is -2.24. The summed E-state index contributed by atoms with van der Waals surface area (Å²) < 4.78 is 5.35. The third-order valence-electron chi connectivity index (χ3n) is 2.74. The van der Waals surface area contributed by atoms with Crippen molar-refractivity contribution in [3.63, 3.8) is 0 Å². The average molecular weight is 264 g/mol. The minimum Gasteiger partial charge on any atom is -0.444 e. The van der Waals surface area contributed by atoms with E-state index in [9.17, 15) is 4.79 Å². The Hall–Kier alpha value is -1.85. The van der Waals surface area contributed by atoms with Crippen molar-refractivity contribution in [1.82, 2.24) is 14.9 Å². The molecule has 0 bridgehead atoms. The fraction of sp³-hybridized carbons (Fsp3) is 0.615. The first-order valence-corrected chi connectivity index (χ1v) is 6.45. The summed E-state index contributed by atoms with van der Waals surface area (Å²) in [4.78, 5) is 21.8. The summed E-state index contributed by atoms with van der Waals surface area (Å²) in [7, 11) is 0. The van der Waals surface area contributed by atoms with Crippen LogP contribution in [0, 0.1) is 0 Å². The van der Waals surface area contributed by atoms with E-state index in [4.69, 9.17) is 4.74 Å². The average Bonchev–Trinajstić information content (AvgIpc) is 2.77. The Labute approximate surface area is 113 Å². The van der Waals surface area contributed by atoms with Crippen molar-refractivity contribution in [2.75, 3.05) is 18.4 Å². The summed E-state index contributed by atoms with van der Waals surface area (Å²) in [6.07, 6.45) is 3.99. The molecule has 0 saturated carbocycles. The minimum absolute atomic E-state index is 0.176. The molecule has 1 fully saturated rings. The highest BCUT2D eigenvalue weighted by molar-refractivity contribution is 5.68. The molecule has 19 heavy (non-hydrogen) atoms. The van der Waals surface area contributed by atoms with Crippen molar-refractivity contribution >= 4 is 12.0 Å². The molecule has 104 valence electrons. The minimum atomic E-state index is -0.453. The first-order chi connectivity index (χ1) is 8.94. The van der Waals surface area contributed by atoms with E-state index in [-0.39, 0.29) is 12.1 Å². The van der Waals surface area contributed by atoms with Crippen LogP contribution in [0.4, 0.5) is 10.7 Å². The zero-order chi connectivity index (χ0) is 13.9. The van der Waals surface area contributed by atoms with Gasteiger partial charge >= 0.3 is 6.09 Å². The third kappa shape index (κ3) is 4.08. The maximum Gasteiger partial charge on any atom is 0.410 e. The van der Waals surface area contributed by atoms with Gasteiger partial charge in [-0.15, -0.1) is 0 Å². The number of rotatable bonds is 2. The van der Waals surface area contributed by atoms with Gasteiger partial charge in [0.25, 0.3) is 0 Å². The molecule has 0 aromatic carbocycles. The number of carbonyl (C=O) groups is 1. The van der Waals surface area contributed by atoms with Crippen molar-refractivity contribution < 1.29 is 9.53 Å². The second-order valence-corrected chi connectivity index (χ2v) is 5.63. The highest BCUT2D eigenvalue weighted by atomic mass is 16.6. The molecular formula is C13H20N4O2. The molecule has 1 atom stereocenters. The number of nitrogens with one attached hydrogen (secondary N) is 1. The second-order valence-electron chi connectivity index (χ2n) is 5.63. The van der Waals surface area contributed by atoms with Gasteiger partial charge in [0.1, 0.15) is 5.60 Å². The first-order valence-electron chi connectivity index (χ1n) is 6.45. The Bertz CT molecular complexity index is 430. The van der Waals surface area contributed by atoms with E-state index in [1.54, 1.807) is 23.4 Å². The van der Waals surface area contributed by atoms with Gasteiger partial charge in [0.15, 0.2) is 0 Å². The molecule has 1 aromatic heterocycles. The standard InChI is InChI=1S/C13H20N4O2/c1-13(2,3)19-12(18)17-8-5-10(9-17)16-11-14-6-4-7-15-11/h4,6-7,10H,5,8-9H2,1-3H3,(H,14,15,16)/t10-/m0/s1. The smallest absolute Gasteiger partial charge is 0.410 e. The fourth-order valence-electron chi connectivity index (χ4n) is 1.93. The third-order valence-corrected chi connectivity index (χ3v) is 2.74. The molecule has 1 amide bonds. The lowest BCUT2D eigenvalue weighted by atomic mass is 10.2. The quantitative estimate of drug-likeness (QED) is 0.883. The van der Waals surface area contributed by atoms with Gasteiger partial charge in [-0.3, -0.25) is 0 Å². The number of likely N-dealkylation sites (tertiary alicyclic amines) is 1. The zero-order valence-corrected chi connectivity index (χ0v) is 11.6. The van der Waals surface area contributed by atoms with E-state index in [2.05, 4.69) is 15.3 Å². The lowest BCUT2D eigenvalue weighted by Crippen LogP contribution is -2.36. The number of carbonyl (C=O) groups excluding carboxylic acids is 1. The Morgan fingerprint density at radius 3 is 2.74 bits per heavy atom. The Kier molecular flexibility index (Phi) is 3.87. The van der Waals surface area contributed by atoms with Crippen LogP contribution in [-0.2, 0) is 4.74 Å². The molecular weight excluding hydrogens is 244 g/mol. The van der Waals surface area contributed by atoms with E-state index in [0.29, 0.717) is 19.0 Å². The summed E-state index contributed by atoms with van der Waals surface area (Å²) in [5.74, 6) is 0.596. The highest BCUT2D eigenvalue weighted by Crippen LogP contribution is 2.17. The van der Waals surface area contributed by atoms with Crippen molar-refractivity contribution in [1.29, 1.82) is 0 Å². The van der Waals surface area contributed by atoms with E-state index in [0.717, 1.165) is 6.42 Å². The van der Waals surface area contributed by atoms with Crippen molar-refractivity contribution in [2.45, 2.75) is 38.8 Å². The van der Waals surface area contributed by atoms with Gasteiger partial charge in [0.05, 0.1) is 0 Å². The van der Waals surface area contributed by atoms with Gasteiger partial charge in [0, 0.05) is 31.5 Å². The summed E-state index contributed by atoms with van der Waals surface area (Å²) in [5, 5.41) is 3.22. The molecule has 0 unspecified atom stereocenters. The number of aromatic nitrogens is 2. The number of hydrogen-bond donors (Lipinski definition) is 1. The van der Waals surface area contributed by atoms with E-state index in [1.807, 2.05) is 20.8 Å². The van der Waals surface area contributed by atoms with Crippen LogP contribution in [-0.4, -0.2) is 45.7 Å². The molecule has 6 nitrogen and oxygen atoms in total. The van der Waals surface area contributed by atoms with Gasteiger partial charge in [-0.25, -0.2) is 14.8 Å². The predicted molar refractivity (Wildman–Crippen MR) is 71.9 cm³/mol. The van der Waals surface area contributed by atoms with Gasteiger partial charge in [-0.2, -0.15) is 0 Å². The monoisotopic (exact) mass is 264 g/mol. The van der Waals surface area contributed by atoms with Gasteiger partial charge in [0.2, 0.25) is 5.95 Å². The van der Waals surface area contributed by atoms with E-state index < -0.39 is 5.60 Å². The Morgan fingerprint density at radius 2 is 2.11 bits per heavy atom. The summed E-state index contributed by atoms with van der Waals surface area (Å²) in [5.41, 5.74) is -0.453. The first kappa shape index (κ1) is 13.6. The van der Waals surface area contributed by atoms with Gasteiger partial charge in [-0.1, -0.05) is 0 Å². The number of hydrogen-bond acceptors (Lipinski definition) is 5. The summed E-state index contributed by atoms with van der Waals surface area (Å²) in [6, 6.07) is 1.95. The SMILES string of the molecule is CC(C)(C)OC(=O)N1CC[C@H](Nc2ncccn2)C1. The second kappa shape index (κ2) is 5.42. The molecule has 2 heterocycles.